The van der Waals surface area contributed by atoms with Crippen molar-refractivity contribution >= 4 is 33.0 Å². The summed E-state index contributed by atoms with van der Waals surface area (Å²) in [5, 5.41) is 0.373. The van der Waals surface area contributed by atoms with Crippen LogP contribution in [0.2, 0.25) is 5.02 Å². The summed E-state index contributed by atoms with van der Waals surface area (Å²) in [6.07, 6.45) is 2.78. The smallest absolute Gasteiger partial charge is 0.222 e. The maximum Gasteiger partial charge on any atom is 0.222 e. The molecular formula is C13H17ClN2O3S. The minimum Gasteiger partial charge on any atom is -0.370 e. The molecule has 0 spiro atoms. The quantitative estimate of drug-likeness (QED) is 0.915. The molecule has 1 aromatic carbocycles. The maximum atomic E-state index is 11.5. The van der Waals surface area contributed by atoms with Crippen LogP contribution in [0.4, 0.5) is 5.69 Å². The molecule has 1 atom stereocenters. The molecule has 1 saturated heterocycles. The Kier molecular flexibility index (Phi) is 4.25. The lowest BCUT2D eigenvalue weighted by Gasteiger charge is -2.33. The lowest BCUT2D eigenvalue weighted by molar-refractivity contribution is -0.122. The number of hydrogen-bond donors (Lipinski definition) is 1. The number of halogens is 1. The Bertz CT molecular complexity index is 631. The summed E-state index contributed by atoms with van der Waals surface area (Å²) in [5.74, 6) is -0.493. The molecule has 1 fully saturated rings. The molecule has 7 heteroatoms. The fourth-order valence-electron chi connectivity index (χ4n) is 2.40. The van der Waals surface area contributed by atoms with E-state index in [1.807, 2.05) is 4.90 Å². The minimum atomic E-state index is -3.27. The molecule has 5 nitrogen and oxygen atoms in total. The molecule has 0 aromatic heterocycles. The minimum absolute atomic E-state index is 0.186. The molecule has 0 aliphatic carbocycles. The number of nitrogens with zero attached hydrogens (tertiary/aromatic N) is 1. The fourth-order valence-corrected chi connectivity index (χ4v) is 3.41. The summed E-state index contributed by atoms with van der Waals surface area (Å²) in [5.41, 5.74) is 6.09. The molecule has 1 heterocycles. The van der Waals surface area contributed by atoms with Crippen LogP contribution in [-0.4, -0.2) is 33.7 Å². The Labute approximate surface area is 123 Å². The average molecular weight is 317 g/mol. The largest absolute Gasteiger partial charge is 0.370 e. The van der Waals surface area contributed by atoms with Gasteiger partial charge in [-0.25, -0.2) is 8.42 Å². The lowest BCUT2D eigenvalue weighted by atomic mass is 9.97. The monoisotopic (exact) mass is 316 g/mol. The van der Waals surface area contributed by atoms with Crippen LogP contribution in [0.1, 0.15) is 12.8 Å². The predicted octanol–water partition coefficient (Wildman–Crippen LogP) is 1.45. The summed E-state index contributed by atoms with van der Waals surface area (Å²) < 4.78 is 23.0. The van der Waals surface area contributed by atoms with Crippen LogP contribution in [-0.2, 0) is 14.6 Å². The van der Waals surface area contributed by atoms with Gasteiger partial charge in [-0.2, -0.15) is 0 Å². The molecule has 2 N–H and O–H groups in total. The van der Waals surface area contributed by atoms with Crippen LogP contribution in [0.3, 0.4) is 0 Å². The molecule has 1 aromatic rings. The Morgan fingerprint density at radius 3 is 2.70 bits per heavy atom. The van der Waals surface area contributed by atoms with Gasteiger partial charge in [-0.15, -0.1) is 0 Å². The van der Waals surface area contributed by atoms with Gasteiger partial charge >= 0.3 is 0 Å². The number of sulfone groups is 1. The Morgan fingerprint density at radius 2 is 2.15 bits per heavy atom. The van der Waals surface area contributed by atoms with Crippen molar-refractivity contribution in [2.24, 2.45) is 11.7 Å². The first kappa shape index (κ1) is 15.1. The van der Waals surface area contributed by atoms with E-state index in [4.69, 9.17) is 17.3 Å². The second kappa shape index (κ2) is 5.61. The van der Waals surface area contributed by atoms with E-state index in [0.29, 0.717) is 11.6 Å². The molecule has 20 heavy (non-hydrogen) atoms. The van der Waals surface area contributed by atoms with Crippen LogP contribution in [0.15, 0.2) is 23.1 Å². The fraction of sp³-hybridized carbons (Fsp3) is 0.462. The molecule has 1 aliphatic rings. The van der Waals surface area contributed by atoms with E-state index >= 15 is 0 Å². The topological polar surface area (TPSA) is 80.5 Å². The van der Waals surface area contributed by atoms with Crippen LogP contribution < -0.4 is 10.6 Å². The van der Waals surface area contributed by atoms with E-state index < -0.39 is 9.84 Å². The van der Waals surface area contributed by atoms with Gasteiger partial charge in [0, 0.05) is 19.3 Å². The Morgan fingerprint density at radius 1 is 1.45 bits per heavy atom. The van der Waals surface area contributed by atoms with Gasteiger partial charge in [-0.1, -0.05) is 11.6 Å². The summed E-state index contributed by atoms with van der Waals surface area (Å²) >= 11 is 6.17. The summed E-state index contributed by atoms with van der Waals surface area (Å²) in [7, 11) is -3.27. The number of hydrogen-bond acceptors (Lipinski definition) is 4. The summed E-state index contributed by atoms with van der Waals surface area (Å²) in [6.45, 7) is 1.30. The van der Waals surface area contributed by atoms with Crippen molar-refractivity contribution < 1.29 is 13.2 Å². The van der Waals surface area contributed by atoms with Crippen molar-refractivity contribution in [3.05, 3.63) is 23.2 Å². The number of rotatable bonds is 3. The Hall–Kier alpha value is -1.27. The van der Waals surface area contributed by atoms with Gasteiger partial charge in [0.2, 0.25) is 5.91 Å². The van der Waals surface area contributed by atoms with Gasteiger partial charge in [-0.3, -0.25) is 4.79 Å². The number of amides is 1. The van der Waals surface area contributed by atoms with Crippen molar-refractivity contribution in [2.75, 3.05) is 24.2 Å². The summed E-state index contributed by atoms with van der Waals surface area (Å²) in [6, 6.07) is 4.66. The highest BCUT2D eigenvalue weighted by Gasteiger charge is 2.25. The van der Waals surface area contributed by atoms with Crippen LogP contribution >= 0.6 is 11.6 Å². The van der Waals surface area contributed by atoms with Crippen LogP contribution in [0.5, 0.6) is 0 Å². The zero-order valence-corrected chi connectivity index (χ0v) is 12.7. The van der Waals surface area contributed by atoms with Crippen molar-refractivity contribution in [1.82, 2.24) is 0 Å². The van der Waals surface area contributed by atoms with Gasteiger partial charge in [-0.05, 0) is 31.0 Å². The molecule has 0 bridgehead atoms. The zero-order chi connectivity index (χ0) is 14.9. The zero-order valence-electron chi connectivity index (χ0n) is 11.2. The number of carbonyl (C=O) groups is 1. The lowest BCUT2D eigenvalue weighted by Crippen LogP contribution is -2.41. The number of benzene rings is 1. The molecule has 1 aliphatic heterocycles. The number of carbonyl (C=O) groups excluding carboxylic acids is 1. The predicted molar refractivity (Wildman–Crippen MR) is 78.7 cm³/mol. The van der Waals surface area contributed by atoms with Crippen molar-refractivity contribution in [3.63, 3.8) is 0 Å². The number of piperidine rings is 1. The van der Waals surface area contributed by atoms with E-state index in [1.54, 1.807) is 6.07 Å². The molecule has 110 valence electrons. The van der Waals surface area contributed by atoms with E-state index in [0.717, 1.165) is 31.3 Å². The van der Waals surface area contributed by atoms with Gasteiger partial charge < -0.3 is 10.6 Å². The standard InChI is InChI=1S/C13H17ClN2O3S/c1-20(18,19)10-4-5-12(11(14)7-10)16-6-2-3-9(8-16)13(15)17/h4-5,7,9H,2-3,6,8H2,1H3,(H2,15,17). The van der Waals surface area contributed by atoms with Gasteiger partial charge in [0.15, 0.2) is 9.84 Å². The highest BCUT2D eigenvalue weighted by Crippen LogP contribution is 2.31. The third-order valence-corrected chi connectivity index (χ3v) is 4.92. The maximum absolute atomic E-state index is 11.5. The number of anilines is 1. The normalized spacial score (nSPS) is 19.9. The van der Waals surface area contributed by atoms with Gasteiger partial charge in [0.05, 0.1) is 21.5 Å². The van der Waals surface area contributed by atoms with Crippen LogP contribution in [0, 0.1) is 5.92 Å². The highest BCUT2D eigenvalue weighted by molar-refractivity contribution is 7.90. The van der Waals surface area contributed by atoms with E-state index in [2.05, 4.69) is 0 Å². The molecule has 0 saturated carbocycles. The average Bonchev–Trinajstić information content (AvgIpc) is 2.37. The first-order valence-corrected chi connectivity index (χ1v) is 8.60. The first-order chi connectivity index (χ1) is 9.29. The van der Waals surface area contributed by atoms with E-state index in [1.165, 1.54) is 12.1 Å². The second-order valence-corrected chi connectivity index (χ2v) is 7.50. The number of nitrogens with two attached hydrogens (primary N) is 1. The van der Waals surface area contributed by atoms with Crippen molar-refractivity contribution in [1.29, 1.82) is 0 Å². The van der Waals surface area contributed by atoms with Crippen molar-refractivity contribution in [3.8, 4) is 0 Å². The molecular weight excluding hydrogens is 300 g/mol. The van der Waals surface area contributed by atoms with Gasteiger partial charge in [0.1, 0.15) is 0 Å². The molecule has 1 amide bonds. The van der Waals surface area contributed by atoms with E-state index in [9.17, 15) is 13.2 Å². The second-order valence-electron chi connectivity index (χ2n) is 5.07. The van der Waals surface area contributed by atoms with Crippen molar-refractivity contribution in [2.45, 2.75) is 17.7 Å². The van der Waals surface area contributed by atoms with Gasteiger partial charge in [0.25, 0.3) is 0 Å². The SMILES string of the molecule is CS(=O)(=O)c1ccc(N2CCCC(C(N)=O)C2)c(Cl)c1. The Balaban J connectivity index is 2.27. The highest BCUT2D eigenvalue weighted by atomic mass is 35.5. The van der Waals surface area contributed by atoms with E-state index in [-0.39, 0.29) is 16.7 Å². The first-order valence-electron chi connectivity index (χ1n) is 6.33. The molecule has 0 radical (unpaired) electrons. The van der Waals surface area contributed by atoms with Crippen LogP contribution in [0.25, 0.3) is 0 Å². The molecule has 1 unspecified atom stereocenters. The molecule has 2 rings (SSSR count). The summed E-state index contributed by atoms with van der Waals surface area (Å²) in [4.78, 5) is 13.5. The third kappa shape index (κ3) is 3.24. The third-order valence-electron chi connectivity index (χ3n) is 3.51. The number of primary amides is 1.